The number of H-pyrrole nitrogens is 1. The Labute approximate surface area is 131 Å². The van der Waals surface area contributed by atoms with Gasteiger partial charge in [0.25, 0.3) is 5.56 Å². The number of aromatic amines is 1. The van der Waals surface area contributed by atoms with E-state index in [-0.39, 0.29) is 11.6 Å². The van der Waals surface area contributed by atoms with E-state index in [0.717, 1.165) is 29.5 Å². The van der Waals surface area contributed by atoms with Gasteiger partial charge in [0.2, 0.25) is 0 Å². The summed E-state index contributed by atoms with van der Waals surface area (Å²) in [5, 5.41) is 7.51. The molecule has 3 heterocycles. The maximum atomic E-state index is 13.0. The van der Waals surface area contributed by atoms with Gasteiger partial charge < -0.3 is 0 Å². The molecule has 7 heteroatoms. The number of fused-ring (bicyclic) bond motifs is 3. The van der Waals surface area contributed by atoms with Crippen molar-refractivity contribution in [2.45, 2.75) is 45.1 Å². The molecule has 0 aromatic carbocycles. The second-order valence-electron chi connectivity index (χ2n) is 5.75. The van der Waals surface area contributed by atoms with E-state index in [0.29, 0.717) is 5.82 Å². The molecule has 4 rings (SSSR count). The van der Waals surface area contributed by atoms with Crippen molar-refractivity contribution in [3.05, 3.63) is 39.3 Å². The molecular formula is C15H17N5OS. The molecule has 0 aliphatic heterocycles. The molecule has 6 nitrogen and oxygen atoms in total. The van der Waals surface area contributed by atoms with Gasteiger partial charge in [-0.3, -0.25) is 14.5 Å². The zero-order valence-electron chi connectivity index (χ0n) is 12.4. The molecule has 22 heavy (non-hydrogen) atoms. The minimum absolute atomic E-state index is 0.0355. The molecule has 1 N–H and O–H groups in total. The summed E-state index contributed by atoms with van der Waals surface area (Å²) in [6.45, 7) is 1.93. The molecule has 1 atom stereocenters. The Bertz CT molecular complexity index is 864. The Morgan fingerprint density at radius 2 is 2.14 bits per heavy atom. The van der Waals surface area contributed by atoms with Crippen molar-refractivity contribution < 1.29 is 0 Å². The van der Waals surface area contributed by atoms with Crippen LogP contribution in [0.2, 0.25) is 0 Å². The summed E-state index contributed by atoms with van der Waals surface area (Å²) >= 11 is 1.68. The van der Waals surface area contributed by atoms with Gasteiger partial charge in [-0.05, 0) is 38.2 Å². The summed E-state index contributed by atoms with van der Waals surface area (Å²) in [6.07, 6.45) is 8.77. The lowest BCUT2D eigenvalue weighted by molar-refractivity contribution is 0.577. The number of aryl methyl sites for hydroxylation is 2. The fourth-order valence-corrected chi connectivity index (χ4v) is 4.38. The van der Waals surface area contributed by atoms with Crippen LogP contribution in [0, 0.1) is 0 Å². The van der Waals surface area contributed by atoms with Crippen molar-refractivity contribution in [3.8, 4) is 0 Å². The number of hydrogen-bond donors (Lipinski definition) is 1. The topological polar surface area (TPSA) is 76.5 Å². The second kappa shape index (κ2) is 5.31. The van der Waals surface area contributed by atoms with Gasteiger partial charge in [-0.25, -0.2) is 9.97 Å². The van der Waals surface area contributed by atoms with Crippen LogP contribution >= 0.6 is 11.3 Å². The number of nitrogens with zero attached hydrogens (tertiary/aromatic N) is 4. The maximum absolute atomic E-state index is 13.0. The normalized spacial score (nSPS) is 16.4. The van der Waals surface area contributed by atoms with E-state index < -0.39 is 0 Å². The Balaban J connectivity index is 1.90. The zero-order chi connectivity index (χ0) is 15.1. The van der Waals surface area contributed by atoms with E-state index in [1.54, 1.807) is 22.2 Å². The van der Waals surface area contributed by atoms with E-state index in [1.165, 1.54) is 29.6 Å². The first kappa shape index (κ1) is 13.6. The molecule has 0 radical (unpaired) electrons. The first-order valence-corrected chi connectivity index (χ1v) is 8.44. The lowest BCUT2D eigenvalue weighted by atomic mass is 10.1. The Morgan fingerprint density at radius 1 is 1.27 bits per heavy atom. The Kier molecular flexibility index (Phi) is 3.29. The lowest BCUT2D eigenvalue weighted by Gasteiger charge is -2.11. The quantitative estimate of drug-likeness (QED) is 0.737. The van der Waals surface area contributed by atoms with Crippen molar-refractivity contribution in [2.75, 3.05) is 0 Å². The van der Waals surface area contributed by atoms with Gasteiger partial charge in [-0.1, -0.05) is 6.42 Å². The van der Waals surface area contributed by atoms with Crippen LogP contribution in [0.25, 0.3) is 10.2 Å². The molecule has 0 bridgehead atoms. The summed E-state index contributed by atoms with van der Waals surface area (Å²) in [5.74, 6) is 0.671. The van der Waals surface area contributed by atoms with Gasteiger partial charge in [0, 0.05) is 4.88 Å². The molecule has 1 aliphatic carbocycles. The highest BCUT2D eigenvalue weighted by molar-refractivity contribution is 7.18. The lowest BCUT2D eigenvalue weighted by Crippen LogP contribution is -2.25. The van der Waals surface area contributed by atoms with E-state index in [4.69, 9.17) is 0 Å². The second-order valence-corrected chi connectivity index (χ2v) is 6.83. The third-order valence-corrected chi connectivity index (χ3v) is 5.60. The largest absolute Gasteiger partial charge is 0.288 e. The molecule has 0 unspecified atom stereocenters. The van der Waals surface area contributed by atoms with Gasteiger partial charge in [0.1, 0.15) is 17.0 Å². The molecule has 1 aliphatic rings. The average molecular weight is 315 g/mol. The van der Waals surface area contributed by atoms with E-state index in [1.807, 2.05) is 6.92 Å². The molecule has 114 valence electrons. The van der Waals surface area contributed by atoms with Crippen LogP contribution in [-0.4, -0.2) is 24.7 Å². The summed E-state index contributed by atoms with van der Waals surface area (Å²) in [6, 6.07) is -0.201. The summed E-state index contributed by atoms with van der Waals surface area (Å²) < 4.78 is 1.65. The molecule has 0 saturated carbocycles. The number of nitrogens with one attached hydrogen (secondary N) is 1. The molecular weight excluding hydrogens is 298 g/mol. The third kappa shape index (κ3) is 2.08. The molecule has 0 amide bonds. The van der Waals surface area contributed by atoms with Crippen molar-refractivity contribution in [1.82, 2.24) is 24.7 Å². The van der Waals surface area contributed by atoms with Gasteiger partial charge >= 0.3 is 0 Å². The highest BCUT2D eigenvalue weighted by atomic mass is 32.1. The zero-order valence-corrected chi connectivity index (χ0v) is 13.2. The standard InChI is InChI=1S/C15H17N5OS/c1-9(13-16-7-18-19-13)20-8-17-14-12(15(20)21)10-5-3-2-4-6-11(10)22-14/h7-9H,2-6H2,1H3,(H,16,18,19)/t9-/m0/s1. The maximum Gasteiger partial charge on any atom is 0.263 e. The molecule has 0 spiro atoms. The molecule has 3 aromatic rings. The van der Waals surface area contributed by atoms with Crippen molar-refractivity contribution in [2.24, 2.45) is 0 Å². The van der Waals surface area contributed by atoms with Crippen LogP contribution in [-0.2, 0) is 12.8 Å². The molecule has 0 saturated heterocycles. The Morgan fingerprint density at radius 3 is 2.95 bits per heavy atom. The minimum atomic E-state index is -0.201. The monoisotopic (exact) mass is 315 g/mol. The van der Waals surface area contributed by atoms with Gasteiger partial charge in [-0.15, -0.1) is 11.3 Å². The van der Waals surface area contributed by atoms with Crippen LogP contribution in [0.3, 0.4) is 0 Å². The molecule has 3 aromatic heterocycles. The van der Waals surface area contributed by atoms with Crippen LogP contribution in [0.1, 0.15) is 48.5 Å². The Hall–Kier alpha value is -2.02. The fraction of sp³-hybridized carbons (Fsp3) is 0.467. The van der Waals surface area contributed by atoms with Crippen LogP contribution in [0.4, 0.5) is 0 Å². The first-order valence-electron chi connectivity index (χ1n) is 7.62. The predicted octanol–water partition coefficient (Wildman–Crippen LogP) is 2.45. The first-order chi connectivity index (χ1) is 10.8. The highest BCUT2D eigenvalue weighted by Crippen LogP contribution is 2.33. The third-order valence-electron chi connectivity index (χ3n) is 4.40. The van der Waals surface area contributed by atoms with Crippen molar-refractivity contribution >= 4 is 21.6 Å². The number of hydrogen-bond acceptors (Lipinski definition) is 5. The van der Waals surface area contributed by atoms with Crippen LogP contribution in [0.15, 0.2) is 17.4 Å². The van der Waals surface area contributed by atoms with Crippen molar-refractivity contribution in [3.63, 3.8) is 0 Å². The highest BCUT2D eigenvalue weighted by Gasteiger charge is 2.21. The fourth-order valence-electron chi connectivity index (χ4n) is 3.16. The molecule has 0 fully saturated rings. The average Bonchev–Trinajstić information content (AvgIpc) is 3.11. The predicted molar refractivity (Wildman–Crippen MR) is 85.3 cm³/mol. The number of thiophene rings is 1. The number of aromatic nitrogens is 5. The van der Waals surface area contributed by atoms with Crippen LogP contribution < -0.4 is 5.56 Å². The minimum Gasteiger partial charge on any atom is -0.288 e. The smallest absolute Gasteiger partial charge is 0.263 e. The van der Waals surface area contributed by atoms with Gasteiger partial charge in [0.15, 0.2) is 0 Å². The number of rotatable bonds is 2. The summed E-state index contributed by atoms with van der Waals surface area (Å²) in [4.78, 5) is 23.9. The SMILES string of the molecule is C[C@@H](c1ncn[nH]1)n1cnc2sc3c(c2c1=O)CCCCC3. The summed E-state index contributed by atoms with van der Waals surface area (Å²) in [7, 11) is 0. The van der Waals surface area contributed by atoms with E-state index in [2.05, 4.69) is 20.2 Å². The van der Waals surface area contributed by atoms with Crippen LogP contribution in [0.5, 0.6) is 0 Å². The summed E-state index contributed by atoms with van der Waals surface area (Å²) in [5.41, 5.74) is 1.27. The van der Waals surface area contributed by atoms with Gasteiger partial charge in [0.05, 0.1) is 17.8 Å². The van der Waals surface area contributed by atoms with E-state index in [9.17, 15) is 4.79 Å². The van der Waals surface area contributed by atoms with E-state index >= 15 is 0 Å². The van der Waals surface area contributed by atoms with Gasteiger partial charge in [-0.2, -0.15) is 5.10 Å². The van der Waals surface area contributed by atoms with Crippen molar-refractivity contribution in [1.29, 1.82) is 0 Å².